The van der Waals surface area contributed by atoms with Crippen molar-refractivity contribution in [1.29, 1.82) is 0 Å². The third kappa shape index (κ3) is 3.99. The largest absolute Gasteiger partial charge is 0.496 e. The molecule has 0 bridgehead atoms. The van der Waals surface area contributed by atoms with E-state index in [9.17, 15) is 0 Å². The van der Waals surface area contributed by atoms with Crippen LogP contribution in [0.2, 0.25) is 0 Å². The van der Waals surface area contributed by atoms with Crippen LogP contribution in [0.25, 0.3) is 0 Å². The molecule has 2 atom stereocenters. The van der Waals surface area contributed by atoms with Gasteiger partial charge < -0.3 is 10.1 Å². The number of hydrogen-bond acceptors (Lipinski definition) is 2. The molecule has 1 fully saturated rings. The molecule has 0 heterocycles. The highest BCUT2D eigenvalue weighted by Crippen LogP contribution is 2.40. The molecule has 0 saturated heterocycles. The Bertz CT molecular complexity index is 391. The maximum absolute atomic E-state index is 5.59. The second kappa shape index (κ2) is 8.31. The summed E-state index contributed by atoms with van der Waals surface area (Å²) in [6.07, 6.45) is 7.98. The van der Waals surface area contributed by atoms with Crippen LogP contribution in [0.1, 0.15) is 56.9 Å². The van der Waals surface area contributed by atoms with E-state index in [0.29, 0.717) is 5.92 Å². The molecule has 2 heteroatoms. The Balaban J connectivity index is 2.14. The minimum atomic E-state index is 0.651. The number of para-hydroxylation sites is 1. The van der Waals surface area contributed by atoms with E-state index in [4.69, 9.17) is 4.74 Å². The van der Waals surface area contributed by atoms with Crippen LogP contribution < -0.4 is 10.1 Å². The zero-order valence-corrected chi connectivity index (χ0v) is 13.0. The Morgan fingerprint density at radius 2 is 1.95 bits per heavy atom. The maximum Gasteiger partial charge on any atom is 0.122 e. The number of nitrogens with one attached hydrogen (secondary N) is 1. The van der Waals surface area contributed by atoms with Crippen LogP contribution in [0.5, 0.6) is 5.75 Å². The van der Waals surface area contributed by atoms with Crippen molar-refractivity contribution in [3.63, 3.8) is 0 Å². The predicted octanol–water partition coefficient (Wildman–Crippen LogP) is 4.36. The third-order valence-electron chi connectivity index (χ3n) is 4.53. The van der Waals surface area contributed by atoms with Gasteiger partial charge >= 0.3 is 0 Å². The van der Waals surface area contributed by atoms with E-state index < -0.39 is 0 Å². The molecule has 0 aromatic heterocycles. The highest BCUT2D eigenvalue weighted by Gasteiger charge is 2.26. The topological polar surface area (TPSA) is 21.3 Å². The molecule has 20 heavy (non-hydrogen) atoms. The maximum atomic E-state index is 5.59. The fourth-order valence-electron chi connectivity index (χ4n) is 3.48. The van der Waals surface area contributed by atoms with Gasteiger partial charge in [0.15, 0.2) is 0 Å². The van der Waals surface area contributed by atoms with Crippen LogP contribution in [-0.4, -0.2) is 20.2 Å². The minimum absolute atomic E-state index is 0.651. The normalized spacial score (nSPS) is 23.3. The van der Waals surface area contributed by atoms with Crippen LogP contribution >= 0.6 is 0 Å². The molecule has 112 valence electrons. The van der Waals surface area contributed by atoms with E-state index in [-0.39, 0.29) is 0 Å². The van der Waals surface area contributed by atoms with Gasteiger partial charge in [0.2, 0.25) is 0 Å². The molecule has 1 aliphatic rings. The molecule has 2 nitrogen and oxygen atoms in total. The summed E-state index contributed by atoms with van der Waals surface area (Å²) in [4.78, 5) is 0. The van der Waals surface area contributed by atoms with E-state index >= 15 is 0 Å². The lowest BCUT2D eigenvalue weighted by Crippen LogP contribution is -2.27. The van der Waals surface area contributed by atoms with Crippen LogP contribution in [-0.2, 0) is 0 Å². The summed E-state index contributed by atoms with van der Waals surface area (Å²) in [6.45, 7) is 4.52. The van der Waals surface area contributed by atoms with Gasteiger partial charge in [0, 0.05) is 0 Å². The summed E-state index contributed by atoms with van der Waals surface area (Å²) in [6, 6.07) is 8.60. The molecule has 0 aliphatic heterocycles. The molecule has 1 saturated carbocycles. The molecular weight excluding hydrogens is 246 g/mol. The van der Waals surface area contributed by atoms with Crippen molar-refractivity contribution in [2.45, 2.75) is 51.4 Å². The van der Waals surface area contributed by atoms with Crippen molar-refractivity contribution >= 4 is 0 Å². The smallest absolute Gasteiger partial charge is 0.122 e. The number of methoxy groups -OCH3 is 1. The van der Waals surface area contributed by atoms with Crippen LogP contribution in [0.15, 0.2) is 24.3 Å². The predicted molar refractivity (Wildman–Crippen MR) is 85.5 cm³/mol. The monoisotopic (exact) mass is 275 g/mol. The summed E-state index contributed by atoms with van der Waals surface area (Å²) in [7, 11) is 1.79. The fraction of sp³-hybridized carbons (Fsp3) is 0.667. The Morgan fingerprint density at radius 3 is 2.75 bits per heavy atom. The van der Waals surface area contributed by atoms with Gasteiger partial charge in [0.25, 0.3) is 0 Å². The van der Waals surface area contributed by atoms with Crippen LogP contribution in [0.4, 0.5) is 0 Å². The molecule has 2 unspecified atom stereocenters. The average Bonchev–Trinajstić information content (AvgIpc) is 2.73. The molecule has 1 aliphatic carbocycles. The number of ether oxygens (including phenoxy) is 1. The summed E-state index contributed by atoms with van der Waals surface area (Å²) >= 11 is 0. The van der Waals surface area contributed by atoms with Crippen molar-refractivity contribution < 1.29 is 4.74 Å². The van der Waals surface area contributed by atoms with E-state index in [1.165, 1.54) is 44.1 Å². The first-order valence-corrected chi connectivity index (χ1v) is 8.20. The second-order valence-electron chi connectivity index (χ2n) is 5.95. The van der Waals surface area contributed by atoms with Gasteiger partial charge in [-0.2, -0.15) is 0 Å². The van der Waals surface area contributed by atoms with Gasteiger partial charge in [-0.15, -0.1) is 0 Å². The SMILES string of the molecule is CCCNCC1CCCCCC1c1ccccc1OC. The highest BCUT2D eigenvalue weighted by molar-refractivity contribution is 5.36. The van der Waals surface area contributed by atoms with Gasteiger partial charge in [-0.1, -0.05) is 44.4 Å². The van der Waals surface area contributed by atoms with E-state index in [1.807, 2.05) is 0 Å². The summed E-state index contributed by atoms with van der Waals surface area (Å²) in [5.74, 6) is 2.47. The average molecular weight is 275 g/mol. The van der Waals surface area contributed by atoms with Crippen molar-refractivity contribution in [1.82, 2.24) is 5.32 Å². The lowest BCUT2D eigenvalue weighted by molar-refractivity contribution is 0.354. The van der Waals surface area contributed by atoms with Gasteiger partial charge in [0.1, 0.15) is 5.75 Å². The quantitative estimate of drug-likeness (QED) is 0.615. The lowest BCUT2D eigenvalue weighted by Gasteiger charge is -2.27. The Labute approximate surface area is 123 Å². The lowest BCUT2D eigenvalue weighted by atomic mass is 9.82. The first kappa shape index (κ1) is 15.4. The van der Waals surface area contributed by atoms with E-state index in [0.717, 1.165) is 24.8 Å². The van der Waals surface area contributed by atoms with Crippen LogP contribution in [0, 0.1) is 5.92 Å². The van der Waals surface area contributed by atoms with Gasteiger partial charge in [0.05, 0.1) is 7.11 Å². The number of benzene rings is 1. The molecule has 2 rings (SSSR count). The van der Waals surface area contributed by atoms with E-state index in [2.05, 4.69) is 36.5 Å². The highest BCUT2D eigenvalue weighted by atomic mass is 16.5. The molecule has 0 spiro atoms. The van der Waals surface area contributed by atoms with Gasteiger partial charge in [-0.25, -0.2) is 0 Å². The van der Waals surface area contributed by atoms with Crippen molar-refractivity contribution in [2.24, 2.45) is 5.92 Å². The summed E-state index contributed by atoms with van der Waals surface area (Å²) in [5.41, 5.74) is 1.42. The number of rotatable bonds is 6. The minimum Gasteiger partial charge on any atom is -0.496 e. The molecule has 0 radical (unpaired) electrons. The standard InChI is InChI=1S/C18H29NO/c1-3-13-19-14-15-9-5-4-6-10-16(15)17-11-7-8-12-18(17)20-2/h7-8,11-12,15-16,19H,3-6,9-10,13-14H2,1-2H3. The third-order valence-corrected chi connectivity index (χ3v) is 4.53. The van der Waals surface area contributed by atoms with Gasteiger partial charge in [-0.05, 0) is 55.8 Å². The molecule has 0 amide bonds. The summed E-state index contributed by atoms with van der Waals surface area (Å²) < 4.78 is 5.59. The zero-order valence-electron chi connectivity index (χ0n) is 13.0. The first-order valence-electron chi connectivity index (χ1n) is 8.20. The van der Waals surface area contributed by atoms with Crippen molar-refractivity contribution in [3.8, 4) is 5.75 Å². The molecule has 1 aromatic carbocycles. The Kier molecular flexibility index (Phi) is 6.38. The molecule has 1 aromatic rings. The zero-order chi connectivity index (χ0) is 14.2. The fourth-order valence-corrected chi connectivity index (χ4v) is 3.48. The Hall–Kier alpha value is -1.02. The van der Waals surface area contributed by atoms with E-state index in [1.54, 1.807) is 7.11 Å². The molecular formula is C18H29NO. The van der Waals surface area contributed by atoms with Crippen molar-refractivity contribution in [2.75, 3.05) is 20.2 Å². The first-order chi connectivity index (χ1) is 9.86. The Morgan fingerprint density at radius 1 is 1.15 bits per heavy atom. The number of hydrogen-bond donors (Lipinski definition) is 1. The van der Waals surface area contributed by atoms with Crippen molar-refractivity contribution in [3.05, 3.63) is 29.8 Å². The van der Waals surface area contributed by atoms with Crippen LogP contribution in [0.3, 0.4) is 0 Å². The second-order valence-corrected chi connectivity index (χ2v) is 5.95. The molecule has 1 N–H and O–H groups in total. The summed E-state index contributed by atoms with van der Waals surface area (Å²) in [5, 5.41) is 3.63. The van der Waals surface area contributed by atoms with Gasteiger partial charge in [-0.3, -0.25) is 0 Å².